The van der Waals surface area contributed by atoms with E-state index in [-0.39, 0.29) is 31.4 Å². The minimum atomic E-state index is -1.65. The Morgan fingerprint density at radius 3 is 2.22 bits per heavy atom. The van der Waals surface area contributed by atoms with Gasteiger partial charge in [0.15, 0.2) is 0 Å². The molecule has 0 bridgehead atoms. The number of carbonyl (C=O) groups excluding carboxylic acids is 3. The van der Waals surface area contributed by atoms with E-state index in [1.807, 2.05) is 0 Å². The lowest BCUT2D eigenvalue weighted by molar-refractivity contribution is -0.154. The molecule has 0 unspecified atom stereocenters. The van der Waals surface area contributed by atoms with E-state index in [0.717, 1.165) is 0 Å². The molecule has 0 saturated heterocycles. The lowest BCUT2D eigenvalue weighted by atomic mass is 10.1. The van der Waals surface area contributed by atoms with Crippen molar-refractivity contribution in [1.82, 2.24) is 10.6 Å². The number of carbonyl (C=O) groups is 3. The van der Waals surface area contributed by atoms with E-state index in [1.54, 1.807) is 20.8 Å². The Hall–Kier alpha value is -0.960. The summed E-state index contributed by atoms with van der Waals surface area (Å²) < 4.78 is 8.18. The first-order valence-corrected chi connectivity index (χ1v) is 9.66. The molecule has 0 aliphatic carbocycles. The van der Waals surface area contributed by atoms with Crippen LogP contribution < -0.4 is 16.4 Å². The molecule has 0 aromatic heterocycles. The number of alkyl carbamates (subject to hydrolysis) is 1. The molecule has 2 amide bonds. The Bertz CT molecular complexity index is 493. The molecule has 0 spiro atoms. The minimum Gasteiger partial charge on any atom is -0.460 e. The van der Waals surface area contributed by atoms with Gasteiger partial charge in [-0.2, -0.15) is 0 Å². The second kappa shape index (κ2) is 12.5. The van der Waals surface area contributed by atoms with Gasteiger partial charge < -0.3 is 25.8 Å². The van der Waals surface area contributed by atoms with Gasteiger partial charge in [0.2, 0.25) is 9.70 Å². The lowest BCUT2D eigenvalue weighted by Gasteiger charge is -2.19. The van der Waals surface area contributed by atoms with E-state index in [4.69, 9.17) is 50.0 Å². The summed E-state index contributed by atoms with van der Waals surface area (Å²) in [5.41, 5.74) is 5.23. The molecular formula is C16H28Cl3N3O5. The van der Waals surface area contributed by atoms with Crippen molar-refractivity contribution in [3.63, 3.8) is 0 Å². The highest BCUT2D eigenvalue weighted by Gasteiger charge is 2.22. The number of hydrogen-bond donors (Lipinski definition) is 3. The maximum atomic E-state index is 11.8. The molecule has 27 heavy (non-hydrogen) atoms. The zero-order chi connectivity index (χ0) is 21.1. The second-order valence-electron chi connectivity index (χ2n) is 6.85. The molecule has 0 aromatic carbocycles. The average Bonchev–Trinajstić information content (AvgIpc) is 2.49. The predicted octanol–water partition coefficient (Wildman–Crippen LogP) is 2.43. The summed E-state index contributed by atoms with van der Waals surface area (Å²) in [6.45, 7) is 5.47. The van der Waals surface area contributed by atoms with Crippen LogP contribution in [0, 0.1) is 0 Å². The summed E-state index contributed by atoms with van der Waals surface area (Å²) in [5, 5.41) is 5.09. The van der Waals surface area contributed by atoms with Crippen LogP contribution in [0.2, 0.25) is 0 Å². The number of nitrogens with one attached hydrogen (secondary N) is 2. The lowest BCUT2D eigenvalue weighted by Crippen LogP contribution is -2.41. The quantitative estimate of drug-likeness (QED) is 0.268. The first kappa shape index (κ1) is 26.0. The molecule has 11 heteroatoms. The third-order valence-corrected chi connectivity index (χ3v) is 3.29. The largest absolute Gasteiger partial charge is 0.460 e. The highest BCUT2D eigenvalue weighted by Crippen LogP contribution is 2.25. The maximum absolute atomic E-state index is 11.8. The van der Waals surface area contributed by atoms with Crippen LogP contribution in [0.25, 0.3) is 0 Å². The van der Waals surface area contributed by atoms with Crippen molar-refractivity contribution in [2.75, 3.05) is 19.7 Å². The Morgan fingerprint density at radius 2 is 1.67 bits per heavy atom. The van der Waals surface area contributed by atoms with Crippen molar-refractivity contribution in [1.29, 1.82) is 0 Å². The normalized spacial score (nSPS) is 12.9. The molecule has 0 aliphatic rings. The zero-order valence-corrected chi connectivity index (χ0v) is 18.0. The standard InChI is InChI=1S/C16H28Cl3N3O5/c1-15(2,3)27-12(23)7-9-21-13(24)11(20)6-4-5-8-22-14(25)26-10-16(17,18)19/h11H,4-10,20H2,1-3H3,(H,21,24)(H,22,25)/t11-/m0/s1. The second-order valence-corrected chi connectivity index (χ2v) is 9.36. The Morgan fingerprint density at radius 1 is 1.04 bits per heavy atom. The van der Waals surface area contributed by atoms with Crippen LogP contribution in [0.4, 0.5) is 4.79 Å². The van der Waals surface area contributed by atoms with Crippen LogP contribution in [0.3, 0.4) is 0 Å². The Labute approximate surface area is 174 Å². The van der Waals surface area contributed by atoms with Crippen LogP contribution in [0.15, 0.2) is 0 Å². The Kier molecular flexibility index (Phi) is 12.0. The fraction of sp³-hybridized carbons (Fsp3) is 0.812. The van der Waals surface area contributed by atoms with Crippen molar-refractivity contribution in [3.05, 3.63) is 0 Å². The number of esters is 1. The summed E-state index contributed by atoms with van der Waals surface area (Å²) in [6, 6.07) is -0.694. The van der Waals surface area contributed by atoms with Gasteiger partial charge in [-0.05, 0) is 40.0 Å². The Balaban J connectivity index is 3.77. The number of amides is 2. The van der Waals surface area contributed by atoms with Crippen molar-refractivity contribution in [2.45, 2.75) is 61.9 Å². The highest BCUT2D eigenvalue weighted by atomic mass is 35.6. The fourth-order valence-electron chi connectivity index (χ4n) is 1.82. The van der Waals surface area contributed by atoms with Crippen molar-refractivity contribution >= 4 is 52.8 Å². The van der Waals surface area contributed by atoms with Crippen molar-refractivity contribution in [3.8, 4) is 0 Å². The third-order valence-electron chi connectivity index (χ3n) is 2.96. The van der Waals surface area contributed by atoms with Crippen LogP contribution in [-0.4, -0.2) is 53.1 Å². The van der Waals surface area contributed by atoms with Gasteiger partial charge in [0.25, 0.3) is 0 Å². The number of unbranched alkanes of at least 4 members (excludes halogenated alkanes) is 1. The van der Waals surface area contributed by atoms with E-state index >= 15 is 0 Å². The zero-order valence-electron chi connectivity index (χ0n) is 15.8. The van der Waals surface area contributed by atoms with Gasteiger partial charge in [0.1, 0.15) is 12.2 Å². The molecule has 158 valence electrons. The first-order valence-electron chi connectivity index (χ1n) is 8.52. The minimum absolute atomic E-state index is 0.0793. The molecule has 8 nitrogen and oxygen atoms in total. The molecule has 0 aliphatic heterocycles. The SMILES string of the molecule is CC(C)(C)OC(=O)CCNC(=O)[C@@H](N)CCCCNC(=O)OCC(Cl)(Cl)Cl. The van der Waals surface area contributed by atoms with E-state index in [2.05, 4.69) is 10.6 Å². The average molecular weight is 449 g/mol. The fourth-order valence-corrected chi connectivity index (χ4v) is 1.98. The number of alkyl halides is 3. The first-order chi connectivity index (χ1) is 12.3. The van der Waals surface area contributed by atoms with Crippen LogP contribution >= 0.6 is 34.8 Å². The number of nitrogens with two attached hydrogens (primary N) is 1. The monoisotopic (exact) mass is 447 g/mol. The summed E-state index contributed by atoms with van der Waals surface area (Å²) >= 11 is 16.4. The third kappa shape index (κ3) is 16.9. The molecule has 0 aromatic rings. The van der Waals surface area contributed by atoms with Crippen LogP contribution in [0.5, 0.6) is 0 Å². The molecule has 0 saturated carbocycles. The van der Waals surface area contributed by atoms with Crippen molar-refractivity contribution < 1.29 is 23.9 Å². The molecule has 0 fully saturated rings. The van der Waals surface area contributed by atoms with Crippen LogP contribution in [0.1, 0.15) is 46.5 Å². The van der Waals surface area contributed by atoms with Crippen LogP contribution in [-0.2, 0) is 19.1 Å². The van der Waals surface area contributed by atoms with Gasteiger partial charge in [-0.1, -0.05) is 34.8 Å². The summed E-state index contributed by atoms with van der Waals surface area (Å²) in [7, 11) is 0. The smallest absolute Gasteiger partial charge is 0.407 e. The van der Waals surface area contributed by atoms with Gasteiger partial charge in [0.05, 0.1) is 12.5 Å². The number of ether oxygens (including phenoxy) is 2. The van der Waals surface area contributed by atoms with Gasteiger partial charge in [-0.15, -0.1) is 0 Å². The van der Waals surface area contributed by atoms with Gasteiger partial charge >= 0.3 is 12.1 Å². The van der Waals surface area contributed by atoms with E-state index < -0.39 is 21.5 Å². The molecule has 1 atom stereocenters. The van der Waals surface area contributed by atoms with Crippen molar-refractivity contribution in [2.24, 2.45) is 5.73 Å². The number of hydrogen-bond acceptors (Lipinski definition) is 6. The summed E-state index contributed by atoms with van der Waals surface area (Å²) in [6.07, 6.45) is 1.04. The molecule has 0 radical (unpaired) electrons. The topological polar surface area (TPSA) is 120 Å². The van der Waals surface area contributed by atoms with Gasteiger partial charge in [-0.3, -0.25) is 9.59 Å². The molecule has 4 N–H and O–H groups in total. The maximum Gasteiger partial charge on any atom is 0.407 e. The van der Waals surface area contributed by atoms with E-state index in [0.29, 0.717) is 25.8 Å². The number of halogens is 3. The highest BCUT2D eigenvalue weighted by molar-refractivity contribution is 6.67. The molecule has 0 heterocycles. The molecular weight excluding hydrogens is 421 g/mol. The summed E-state index contributed by atoms with van der Waals surface area (Å²) in [5.74, 6) is -0.724. The summed E-state index contributed by atoms with van der Waals surface area (Å²) in [4.78, 5) is 34.7. The predicted molar refractivity (Wildman–Crippen MR) is 105 cm³/mol. The van der Waals surface area contributed by atoms with E-state index in [1.165, 1.54) is 0 Å². The molecule has 0 rings (SSSR count). The number of rotatable bonds is 10. The van der Waals surface area contributed by atoms with Gasteiger partial charge in [-0.25, -0.2) is 4.79 Å². The van der Waals surface area contributed by atoms with E-state index in [9.17, 15) is 14.4 Å². The van der Waals surface area contributed by atoms with Gasteiger partial charge in [0, 0.05) is 13.1 Å².